The number of aromatic nitrogens is 1. The molecule has 0 radical (unpaired) electrons. The number of hydrogen-bond donors (Lipinski definition) is 2. The summed E-state index contributed by atoms with van der Waals surface area (Å²) in [7, 11) is 0. The zero-order chi connectivity index (χ0) is 13.1. The molecule has 0 bridgehead atoms. The van der Waals surface area contributed by atoms with Crippen LogP contribution in [0, 0.1) is 6.92 Å². The van der Waals surface area contributed by atoms with Crippen LogP contribution in [0.1, 0.15) is 15.9 Å². The predicted octanol–water partition coefficient (Wildman–Crippen LogP) is 2.99. The number of hydrogen-bond acceptors (Lipinski definition) is 3. The molecule has 0 unspecified atom stereocenters. The monoisotopic (exact) mass is 305 g/mol. The van der Waals surface area contributed by atoms with Crippen molar-refractivity contribution in [3.05, 3.63) is 52.3 Å². The first-order chi connectivity index (χ1) is 8.56. The quantitative estimate of drug-likeness (QED) is 0.896. The highest BCUT2D eigenvalue weighted by molar-refractivity contribution is 9.10. The van der Waals surface area contributed by atoms with E-state index in [2.05, 4.69) is 26.2 Å². The number of benzene rings is 1. The van der Waals surface area contributed by atoms with Gasteiger partial charge in [0.15, 0.2) is 0 Å². The predicted molar refractivity (Wildman–Crippen MR) is 75.5 cm³/mol. The second kappa shape index (κ2) is 5.18. The normalized spacial score (nSPS) is 10.1. The Bertz CT molecular complexity index is 578. The highest BCUT2D eigenvalue weighted by Crippen LogP contribution is 2.19. The fraction of sp³-hybridized carbons (Fsp3) is 0.0769. The highest BCUT2D eigenvalue weighted by Gasteiger charge is 2.09. The summed E-state index contributed by atoms with van der Waals surface area (Å²) in [5.41, 5.74) is 8.32. The minimum absolute atomic E-state index is 0.197. The van der Waals surface area contributed by atoms with E-state index in [1.54, 1.807) is 18.3 Å². The lowest BCUT2D eigenvalue weighted by Crippen LogP contribution is -2.13. The molecule has 1 heterocycles. The van der Waals surface area contributed by atoms with Crippen molar-refractivity contribution in [2.45, 2.75) is 6.92 Å². The third-order valence-corrected chi connectivity index (χ3v) is 2.86. The van der Waals surface area contributed by atoms with Gasteiger partial charge in [0.05, 0.1) is 17.6 Å². The molecule has 18 heavy (non-hydrogen) atoms. The van der Waals surface area contributed by atoms with Crippen LogP contribution >= 0.6 is 15.9 Å². The van der Waals surface area contributed by atoms with Gasteiger partial charge < -0.3 is 11.1 Å². The van der Waals surface area contributed by atoms with E-state index in [1.807, 2.05) is 19.1 Å². The van der Waals surface area contributed by atoms with Gasteiger partial charge in [-0.05, 0) is 36.8 Å². The number of carbonyl (C=O) groups excluding carboxylic acids is 1. The van der Waals surface area contributed by atoms with Gasteiger partial charge in [0, 0.05) is 16.2 Å². The van der Waals surface area contributed by atoms with Crippen molar-refractivity contribution in [3.63, 3.8) is 0 Å². The van der Waals surface area contributed by atoms with E-state index in [1.165, 1.54) is 6.20 Å². The molecule has 0 aliphatic carbocycles. The molecule has 3 N–H and O–H groups in total. The first kappa shape index (κ1) is 12.6. The molecule has 4 nitrogen and oxygen atoms in total. The Morgan fingerprint density at radius 2 is 2.17 bits per heavy atom. The first-order valence-electron chi connectivity index (χ1n) is 5.34. The summed E-state index contributed by atoms with van der Waals surface area (Å²) in [6.07, 6.45) is 3.08. The Morgan fingerprint density at radius 3 is 2.83 bits per heavy atom. The molecule has 1 aromatic heterocycles. The largest absolute Gasteiger partial charge is 0.396 e. The number of rotatable bonds is 2. The Labute approximate surface area is 113 Å². The maximum atomic E-state index is 12.1. The molecule has 0 aliphatic rings. The van der Waals surface area contributed by atoms with Gasteiger partial charge >= 0.3 is 0 Å². The summed E-state index contributed by atoms with van der Waals surface area (Å²) >= 11 is 3.37. The molecule has 0 atom stereocenters. The van der Waals surface area contributed by atoms with Gasteiger partial charge in [-0.2, -0.15) is 0 Å². The summed E-state index contributed by atoms with van der Waals surface area (Å²) in [6.45, 7) is 1.93. The first-order valence-corrected chi connectivity index (χ1v) is 6.13. The molecule has 0 spiro atoms. The van der Waals surface area contributed by atoms with Crippen molar-refractivity contribution >= 4 is 33.2 Å². The van der Waals surface area contributed by atoms with Crippen molar-refractivity contribution < 1.29 is 4.79 Å². The lowest BCUT2D eigenvalue weighted by molar-refractivity contribution is 0.102. The van der Waals surface area contributed by atoms with E-state index in [4.69, 9.17) is 5.73 Å². The SMILES string of the molecule is Cc1cc(Br)cc(C(=O)Nc2ccncc2N)c1. The van der Waals surface area contributed by atoms with Crippen LogP contribution in [0.3, 0.4) is 0 Å². The van der Waals surface area contributed by atoms with Crippen molar-refractivity contribution in [2.24, 2.45) is 0 Å². The van der Waals surface area contributed by atoms with Crippen molar-refractivity contribution in [3.8, 4) is 0 Å². The van der Waals surface area contributed by atoms with E-state index in [0.717, 1.165) is 10.0 Å². The zero-order valence-electron chi connectivity index (χ0n) is 9.77. The molecule has 2 rings (SSSR count). The number of pyridine rings is 1. The number of nitrogens with zero attached hydrogens (tertiary/aromatic N) is 1. The summed E-state index contributed by atoms with van der Waals surface area (Å²) in [4.78, 5) is 15.9. The lowest BCUT2D eigenvalue weighted by atomic mass is 10.1. The number of nitrogens with two attached hydrogens (primary N) is 1. The zero-order valence-corrected chi connectivity index (χ0v) is 11.4. The standard InChI is InChI=1S/C13H12BrN3O/c1-8-4-9(6-10(14)5-8)13(18)17-12-2-3-16-7-11(12)15/h2-7H,15H2,1H3,(H,16,17,18). The lowest BCUT2D eigenvalue weighted by Gasteiger charge is -2.08. The van der Waals surface area contributed by atoms with Crippen molar-refractivity contribution in [2.75, 3.05) is 11.1 Å². The maximum Gasteiger partial charge on any atom is 0.255 e. The molecule has 0 fully saturated rings. The van der Waals surface area contributed by atoms with E-state index >= 15 is 0 Å². The Balaban J connectivity index is 2.25. The van der Waals surface area contributed by atoms with E-state index in [-0.39, 0.29) is 5.91 Å². The fourth-order valence-electron chi connectivity index (χ4n) is 1.58. The van der Waals surface area contributed by atoms with E-state index < -0.39 is 0 Å². The number of halogens is 1. The summed E-state index contributed by atoms with van der Waals surface area (Å²) < 4.78 is 0.871. The topological polar surface area (TPSA) is 68.0 Å². The van der Waals surface area contributed by atoms with Gasteiger partial charge in [-0.3, -0.25) is 9.78 Å². The van der Waals surface area contributed by atoms with Crippen molar-refractivity contribution in [1.82, 2.24) is 4.98 Å². The summed E-state index contributed by atoms with van der Waals surface area (Å²) in [5.74, 6) is -0.197. The van der Waals surface area contributed by atoms with Crippen LogP contribution in [0.25, 0.3) is 0 Å². The van der Waals surface area contributed by atoms with Gasteiger partial charge in [-0.15, -0.1) is 0 Å². The van der Waals surface area contributed by atoms with Crippen LogP contribution < -0.4 is 11.1 Å². The van der Waals surface area contributed by atoms with E-state index in [9.17, 15) is 4.79 Å². The Hall–Kier alpha value is -1.88. The van der Waals surface area contributed by atoms with E-state index in [0.29, 0.717) is 16.9 Å². The minimum Gasteiger partial charge on any atom is -0.396 e. The average molecular weight is 306 g/mol. The third-order valence-electron chi connectivity index (χ3n) is 2.40. The van der Waals surface area contributed by atoms with Crippen molar-refractivity contribution in [1.29, 1.82) is 0 Å². The second-order valence-electron chi connectivity index (χ2n) is 3.93. The molecule has 5 heteroatoms. The molecule has 0 saturated heterocycles. The molecule has 92 valence electrons. The number of aryl methyl sites for hydroxylation is 1. The van der Waals surface area contributed by atoms with Crippen LogP contribution in [0.2, 0.25) is 0 Å². The van der Waals surface area contributed by atoms with Crippen LogP contribution in [0.5, 0.6) is 0 Å². The maximum absolute atomic E-state index is 12.1. The Kier molecular flexibility index (Phi) is 3.62. The van der Waals surface area contributed by atoms with Gasteiger partial charge in [0.1, 0.15) is 0 Å². The number of nitrogens with one attached hydrogen (secondary N) is 1. The molecular formula is C13H12BrN3O. The smallest absolute Gasteiger partial charge is 0.255 e. The number of amides is 1. The highest BCUT2D eigenvalue weighted by atomic mass is 79.9. The molecular weight excluding hydrogens is 294 g/mol. The molecule has 0 aliphatic heterocycles. The van der Waals surface area contributed by atoms with Gasteiger partial charge in [-0.1, -0.05) is 15.9 Å². The molecule has 1 aromatic carbocycles. The number of carbonyl (C=O) groups is 1. The third kappa shape index (κ3) is 2.87. The number of anilines is 2. The molecule has 1 amide bonds. The fourth-order valence-corrected chi connectivity index (χ4v) is 2.19. The van der Waals surface area contributed by atoms with Crippen LogP contribution in [-0.2, 0) is 0 Å². The van der Waals surface area contributed by atoms with Gasteiger partial charge in [0.2, 0.25) is 0 Å². The Morgan fingerprint density at radius 1 is 1.39 bits per heavy atom. The van der Waals surface area contributed by atoms with Crippen LogP contribution in [0.15, 0.2) is 41.1 Å². The second-order valence-corrected chi connectivity index (χ2v) is 4.85. The van der Waals surface area contributed by atoms with Crippen LogP contribution in [-0.4, -0.2) is 10.9 Å². The molecule has 2 aromatic rings. The summed E-state index contributed by atoms with van der Waals surface area (Å²) in [6, 6.07) is 7.19. The van der Waals surface area contributed by atoms with Crippen LogP contribution in [0.4, 0.5) is 11.4 Å². The van der Waals surface area contributed by atoms with Gasteiger partial charge in [-0.25, -0.2) is 0 Å². The average Bonchev–Trinajstić information content (AvgIpc) is 2.31. The minimum atomic E-state index is -0.197. The summed E-state index contributed by atoms with van der Waals surface area (Å²) in [5, 5.41) is 2.76. The molecule has 0 saturated carbocycles. The number of nitrogen functional groups attached to an aromatic ring is 1. The van der Waals surface area contributed by atoms with Gasteiger partial charge in [0.25, 0.3) is 5.91 Å².